The summed E-state index contributed by atoms with van der Waals surface area (Å²) in [5, 5.41) is 0. The molecular weight excluding hydrogens is 1180 g/mol. The Balaban J connectivity index is 3.72. The first kappa shape index (κ1) is 92.2. The van der Waals surface area contributed by atoms with Crippen molar-refractivity contribution in [3.8, 4) is 0 Å². The van der Waals surface area contributed by atoms with Crippen LogP contribution in [0.3, 0.4) is 0 Å². The Labute approximate surface area is 585 Å². The molecule has 10 heteroatoms. The van der Waals surface area contributed by atoms with Crippen LogP contribution in [0.5, 0.6) is 0 Å². The summed E-state index contributed by atoms with van der Waals surface area (Å²) in [7, 11) is -4.39. The topological polar surface area (TPSA) is 134 Å². The van der Waals surface area contributed by atoms with E-state index >= 15 is 0 Å². The zero-order valence-corrected chi connectivity index (χ0v) is 63.9. The fourth-order valence-electron chi connectivity index (χ4n) is 13.1. The molecule has 0 radical (unpaired) electrons. The Morgan fingerprint density at radius 1 is 0.319 bits per heavy atom. The van der Waals surface area contributed by atoms with E-state index in [1.165, 1.54) is 379 Å². The molecule has 0 aromatic rings. The highest BCUT2D eigenvalue weighted by molar-refractivity contribution is 7.47. The number of hydrogen-bond acceptors (Lipinski definition) is 8. The molecule has 9 nitrogen and oxygen atoms in total. The molecule has 0 aliphatic rings. The Morgan fingerprint density at radius 3 is 0.819 bits per heavy atom. The molecule has 556 valence electrons. The quantitative estimate of drug-likeness (QED) is 0.0264. The summed E-state index contributed by atoms with van der Waals surface area (Å²) in [6.07, 6.45) is 103. The van der Waals surface area contributed by atoms with E-state index < -0.39 is 26.5 Å². The molecule has 0 saturated carbocycles. The fraction of sp³-hybridized carbons (Fsp3) is 0.905. The summed E-state index contributed by atoms with van der Waals surface area (Å²) in [4.78, 5) is 35.5. The molecule has 0 aromatic heterocycles. The lowest BCUT2D eigenvalue weighted by Crippen LogP contribution is -2.29. The molecular formula is C84H162NO8P. The maximum Gasteiger partial charge on any atom is 0.472 e. The lowest BCUT2D eigenvalue weighted by Gasteiger charge is -2.19. The molecule has 94 heavy (non-hydrogen) atoms. The van der Waals surface area contributed by atoms with Crippen molar-refractivity contribution >= 4 is 19.8 Å². The normalized spacial score (nSPS) is 12.9. The summed E-state index contributed by atoms with van der Waals surface area (Å²) >= 11 is 0. The summed E-state index contributed by atoms with van der Waals surface area (Å²) in [6, 6.07) is 0. The van der Waals surface area contributed by atoms with Gasteiger partial charge >= 0.3 is 19.8 Å². The second-order valence-corrected chi connectivity index (χ2v) is 30.2. The van der Waals surface area contributed by atoms with Crippen molar-refractivity contribution in [2.45, 2.75) is 463 Å². The van der Waals surface area contributed by atoms with Gasteiger partial charge in [0, 0.05) is 19.4 Å². The highest BCUT2D eigenvalue weighted by atomic mass is 31.2. The number of phosphoric ester groups is 1. The van der Waals surface area contributed by atoms with E-state index in [0.717, 1.165) is 44.9 Å². The third-order valence-corrected chi connectivity index (χ3v) is 20.3. The summed E-state index contributed by atoms with van der Waals surface area (Å²) in [5.74, 6) is -0.798. The zero-order valence-electron chi connectivity index (χ0n) is 63.0. The van der Waals surface area contributed by atoms with Crippen LogP contribution < -0.4 is 5.73 Å². The first-order valence-electron chi connectivity index (χ1n) is 42.0. The van der Waals surface area contributed by atoms with E-state index in [9.17, 15) is 19.0 Å². The number of carbonyl (C=O) groups excluding carboxylic acids is 2. The minimum absolute atomic E-state index is 0.0573. The minimum Gasteiger partial charge on any atom is -0.462 e. The number of phosphoric acid groups is 1. The number of allylic oxidation sites excluding steroid dienone is 6. The summed E-state index contributed by atoms with van der Waals surface area (Å²) in [5.41, 5.74) is 5.42. The zero-order chi connectivity index (χ0) is 67.9. The van der Waals surface area contributed by atoms with Gasteiger partial charge in [-0.25, -0.2) is 4.57 Å². The largest absolute Gasteiger partial charge is 0.472 e. The minimum atomic E-state index is -4.39. The van der Waals surface area contributed by atoms with Crippen LogP contribution in [0.2, 0.25) is 0 Å². The average Bonchev–Trinajstić information content (AvgIpc) is 3.59. The van der Waals surface area contributed by atoms with E-state index in [1.54, 1.807) is 0 Å². The molecule has 3 N–H and O–H groups in total. The molecule has 0 saturated heterocycles. The van der Waals surface area contributed by atoms with Crippen molar-refractivity contribution in [2.75, 3.05) is 26.4 Å². The van der Waals surface area contributed by atoms with Crippen molar-refractivity contribution in [1.82, 2.24) is 0 Å². The van der Waals surface area contributed by atoms with Crippen LogP contribution in [0.4, 0.5) is 0 Å². The fourth-order valence-corrected chi connectivity index (χ4v) is 13.8. The molecule has 0 heterocycles. The maximum atomic E-state index is 12.8. The number of ether oxygens (including phenoxy) is 2. The van der Waals surface area contributed by atoms with E-state index in [2.05, 4.69) is 50.3 Å². The smallest absolute Gasteiger partial charge is 0.462 e. The lowest BCUT2D eigenvalue weighted by atomic mass is 10.0. The SMILES string of the molecule is CCCCCCC/C=C\C/C=C\C/C=C\CCCCCCCCCCCCCCCCCCCCCCCCCCCCC(=O)OC(COC(=O)CCCCCCCCCCCCCCCCCCCCCCCCCCCCCCCCCC)COP(=O)(O)OCCN. The monoisotopic (exact) mass is 1340 g/mol. The van der Waals surface area contributed by atoms with Crippen LogP contribution in [-0.2, 0) is 32.7 Å². The Morgan fingerprint density at radius 2 is 0.553 bits per heavy atom. The molecule has 2 unspecified atom stereocenters. The standard InChI is InChI=1S/C84H162NO8P/c1-3-5-7-9-11-13-15-17-19-21-23-25-27-29-31-33-35-37-38-39-40-41-42-43-44-45-47-49-51-53-55-57-59-61-63-65-67-69-71-73-75-77-84(87)93-82(81-92-94(88,89)91-79-78-85)80-90-83(86)76-74-72-70-68-66-64-62-60-58-56-54-52-50-48-46-36-34-32-30-28-26-24-22-20-18-16-14-12-10-8-6-4-2/h15,17,21,23,27,29,82H,3-14,16,18-20,22,24-26,28,30-81,85H2,1-2H3,(H,88,89)/b17-15-,23-21-,29-27-. The second kappa shape index (κ2) is 80.2. The van der Waals surface area contributed by atoms with E-state index in [4.69, 9.17) is 24.3 Å². The van der Waals surface area contributed by atoms with Gasteiger partial charge in [0.15, 0.2) is 6.10 Å². The highest BCUT2D eigenvalue weighted by Crippen LogP contribution is 2.43. The second-order valence-electron chi connectivity index (χ2n) is 28.7. The van der Waals surface area contributed by atoms with Gasteiger partial charge in [-0.3, -0.25) is 18.6 Å². The Bertz CT molecular complexity index is 1640. The predicted molar refractivity (Wildman–Crippen MR) is 409 cm³/mol. The summed E-state index contributed by atoms with van der Waals surface area (Å²) < 4.78 is 33.3. The molecule has 0 amide bonds. The number of rotatable bonds is 81. The lowest BCUT2D eigenvalue weighted by molar-refractivity contribution is -0.161. The van der Waals surface area contributed by atoms with Gasteiger partial charge < -0.3 is 20.1 Å². The molecule has 0 spiro atoms. The third-order valence-electron chi connectivity index (χ3n) is 19.3. The number of unbranched alkanes of at least 4 members (excludes halogenated alkanes) is 62. The van der Waals surface area contributed by atoms with Crippen molar-refractivity contribution in [3.63, 3.8) is 0 Å². The first-order valence-corrected chi connectivity index (χ1v) is 43.5. The van der Waals surface area contributed by atoms with Crippen LogP contribution in [-0.4, -0.2) is 49.3 Å². The van der Waals surface area contributed by atoms with Gasteiger partial charge in [0.2, 0.25) is 0 Å². The van der Waals surface area contributed by atoms with Gasteiger partial charge in [-0.1, -0.05) is 429 Å². The van der Waals surface area contributed by atoms with E-state index in [0.29, 0.717) is 6.42 Å². The van der Waals surface area contributed by atoms with Crippen molar-refractivity contribution in [3.05, 3.63) is 36.5 Å². The van der Waals surface area contributed by atoms with Gasteiger partial charge in [0.25, 0.3) is 0 Å². The average molecular weight is 1350 g/mol. The van der Waals surface area contributed by atoms with E-state index in [-0.39, 0.29) is 38.6 Å². The Hall–Kier alpha value is -1.77. The van der Waals surface area contributed by atoms with Gasteiger partial charge in [-0.2, -0.15) is 0 Å². The van der Waals surface area contributed by atoms with Gasteiger partial charge in [-0.15, -0.1) is 0 Å². The van der Waals surface area contributed by atoms with Crippen LogP contribution in [0.25, 0.3) is 0 Å². The molecule has 0 bridgehead atoms. The summed E-state index contributed by atoms with van der Waals surface area (Å²) in [6.45, 7) is 3.83. The highest BCUT2D eigenvalue weighted by Gasteiger charge is 2.26. The maximum absolute atomic E-state index is 12.8. The predicted octanol–water partition coefficient (Wildman–Crippen LogP) is 28.2. The van der Waals surface area contributed by atoms with Crippen LogP contribution in [0, 0.1) is 0 Å². The third kappa shape index (κ3) is 79.2. The number of esters is 2. The van der Waals surface area contributed by atoms with E-state index in [1.807, 2.05) is 0 Å². The van der Waals surface area contributed by atoms with Crippen LogP contribution >= 0.6 is 7.82 Å². The van der Waals surface area contributed by atoms with Crippen molar-refractivity contribution < 1.29 is 37.6 Å². The number of nitrogens with two attached hydrogens (primary N) is 1. The molecule has 0 aliphatic carbocycles. The van der Waals surface area contributed by atoms with Crippen LogP contribution in [0.15, 0.2) is 36.5 Å². The Kier molecular flexibility index (Phi) is 78.7. The van der Waals surface area contributed by atoms with Gasteiger partial charge in [-0.05, 0) is 51.4 Å². The molecule has 0 aromatic carbocycles. The molecule has 0 rings (SSSR count). The van der Waals surface area contributed by atoms with Crippen molar-refractivity contribution in [2.24, 2.45) is 5.73 Å². The van der Waals surface area contributed by atoms with Crippen molar-refractivity contribution in [1.29, 1.82) is 0 Å². The van der Waals surface area contributed by atoms with Crippen LogP contribution in [0.1, 0.15) is 457 Å². The first-order chi connectivity index (χ1) is 46.3. The molecule has 0 aliphatic heterocycles. The van der Waals surface area contributed by atoms with Gasteiger partial charge in [0.1, 0.15) is 6.61 Å². The number of hydrogen-bond donors (Lipinski definition) is 2. The van der Waals surface area contributed by atoms with Gasteiger partial charge in [0.05, 0.1) is 13.2 Å². The molecule has 0 fully saturated rings. The molecule has 2 atom stereocenters. The number of carbonyl (C=O) groups is 2.